The SMILES string of the molecule is CC(C)CCCSC(C)CCCl. The minimum absolute atomic E-state index is 0.745. The summed E-state index contributed by atoms with van der Waals surface area (Å²) < 4.78 is 0. The van der Waals surface area contributed by atoms with Crippen LogP contribution in [0.2, 0.25) is 0 Å². The van der Waals surface area contributed by atoms with Crippen molar-refractivity contribution < 1.29 is 0 Å². The van der Waals surface area contributed by atoms with Gasteiger partial charge in [-0.2, -0.15) is 11.8 Å². The Hall–Kier alpha value is 0.640. The van der Waals surface area contributed by atoms with Crippen molar-refractivity contribution in [2.75, 3.05) is 11.6 Å². The van der Waals surface area contributed by atoms with E-state index < -0.39 is 0 Å². The maximum absolute atomic E-state index is 5.65. The van der Waals surface area contributed by atoms with Gasteiger partial charge in [0.1, 0.15) is 0 Å². The molecule has 0 radical (unpaired) electrons. The zero-order chi connectivity index (χ0) is 9.40. The van der Waals surface area contributed by atoms with Gasteiger partial charge in [-0.15, -0.1) is 11.6 Å². The number of hydrogen-bond donors (Lipinski definition) is 0. The Morgan fingerprint density at radius 2 is 1.83 bits per heavy atom. The highest BCUT2D eigenvalue weighted by Crippen LogP contribution is 2.17. The van der Waals surface area contributed by atoms with E-state index in [1.54, 1.807) is 0 Å². The van der Waals surface area contributed by atoms with E-state index in [-0.39, 0.29) is 0 Å². The van der Waals surface area contributed by atoms with Crippen LogP contribution in [0.25, 0.3) is 0 Å². The van der Waals surface area contributed by atoms with Gasteiger partial charge in [-0.1, -0.05) is 27.2 Å². The highest BCUT2D eigenvalue weighted by atomic mass is 35.5. The first-order valence-corrected chi connectivity index (χ1v) is 6.42. The lowest BCUT2D eigenvalue weighted by Gasteiger charge is -2.09. The van der Waals surface area contributed by atoms with Crippen molar-refractivity contribution in [3.8, 4) is 0 Å². The molecular weight excluding hydrogens is 188 g/mol. The molecule has 0 fully saturated rings. The van der Waals surface area contributed by atoms with Crippen LogP contribution in [-0.2, 0) is 0 Å². The van der Waals surface area contributed by atoms with E-state index in [9.17, 15) is 0 Å². The normalized spacial score (nSPS) is 13.8. The van der Waals surface area contributed by atoms with Crippen LogP contribution in [0.5, 0.6) is 0 Å². The van der Waals surface area contributed by atoms with E-state index in [1.165, 1.54) is 18.6 Å². The lowest BCUT2D eigenvalue weighted by Crippen LogP contribution is -1.99. The molecule has 0 aliphatic carbocycles. The lowest BCUT2D eigenvalue weighted by molar-refractivity contribution is 0.579. The average molecular weight is 209 g/mol. The summed E-state index contributed by atoms with van der Waals surface area (Å²) in [5, 5.41) is 0.745. The summed E-state index contributed by atoms with van der Waals surface area (Å²) in [4.78, 5) is 0. The van der Waals surface area contributed by atoms with Crippen LogP contribution in [-0.4, -0.2) is 16.9 Å². The Labute approximate surface area is 86.5 Å². The molecule has 0 aliphatic rings. The van der Waals surface area contributed by atoms with Gasteiger partial charge < -0.3 is 0 Å². The predicted molar refractivity (Wildman–Crippen MR) is 61.3 cm³/mol. The Balaban J connectivity index is 3.08. The minimum Gasteiger partial charge on any atom is -0.159 e. The molecule has 0 aliphatic heterocycles. The summed E-state index contributed by atoms with van der Waals surface area (Å²) in [5.74, 6) is 2.96. The molecule has 0 rings (SSSR count). The minimum atomic E-state index is 0.745. The topological polar surface area (TPSA) is 0 Å². The van der Waals surface area contributed by atoms with Gasteiger partial charge in [0.25, 0.3) is 0 Å². The van der Waals surface area contributed by atoms with Crippen LogP contribution < -0.4 is 0 Å². The van der Waals surface area contributed by atoms with Crippen molar-refractivity contribution in [3.05, 3.63) is 0 Å². The second kappa shape index (κ2) is 8.25. The molecule has 1 atom stereocenters. The molecule has 2 heteroatoms. The Morgan fingerprint density at radius 3 is 2.33 bits per heavy atom. The highest BCUT2D eigenvalue weighted by Gasteiger charge is 2.01. The zero-order valence-electron chi connectivity index (χ0n) is 8.48. The molecule has 0 aromatic carbocycles. The molecule has 0 aromatic heterocycles. The molecule has 0 amide bonds. The van der Waals surface area contributed by atoms with E-state index in [2.05, 4.69) is 32.5 Å². The van der Waals surface area contributed by atoms with Crippen LogP contribution in [0.4, 0.5) is 0 Å². The Morgan fingerprint density at radius 1 is 1.17 bits per heavy atom. The van der Waals surface area contributed by atoms with Crippen molar-refractivity contribution in [2.24, 2.45) is 5.92 Å². The summed E-state index contributed by atoms with van der Waals surface area (Å²) in [6, 6.07) is 0. The Bertz CT molecular complexity index is 93.8. The third kappa shape index (κ3) is 8.73. The van der Waals surface area contributed by atoms with Gasteiger partial charge >= 0.3 is 0 Å². The van der Waals surface area contributed by atoms with E-state index in [0.717, 1.165) is 23.5 Å². The first-order valence-electron chi connectivity index (χ1n) is 4.84. The molecular formula is C10H21ClS. The lowest BCUT2D eigenvalue weighted by atomic mass is 10.1. The van der Waals surface area contributed by atoms with E-state index in [0.29, 0.717) is 0 Å². The fourth-order valence-corrected chi connectivity index (χ4v) is 2.49. The first-order chi connectivity index (χ1) is 5.66. The summed E-state index contributed by atoms with van der Waals surface area (Å²) in [6.07, 6.45) is 3.86. The smallest absolute Gasteiger partial charge is 0.0233 e. The van der Waals surface area contributed by atoms with Crippen molar-refractivity contribution in [2.45, 2.75) is 45.3 Å². The van der Waals surface area contributed by atoms with E-state index in [1.807, 2.05) is 0 Å². The van der Waals surface area contributed by atoms with Crippen molar-refractivity contribution in [3.63, 3.8) is 0 Å². The fraction of sp³-hybridized carbons (Fsp3) is 1.00. The largest absolute Gasteiger partial charge is 0.159 e. The number of halogens is 1. The number of alkyl halides is 1. The van der Waals surface area contributed by atoms with Gasteiger partial charge in [-0.05, 0) is 24.5 Å². The molecule has 0 bridgehead atoms. The molecule has 0 saturated heterocycles. The van der Waals surface area contributed by atoms with Crippen LogP contribution >= 0.6 is 23.4 Å². The van der Waals surface area contributed by atoms with Crippen LogP contribution in [0.3, 0.4) is 0 Å². The molecule has 0 spiro atoms. The van der Waals surface area contributed by atoms with Gasteiger partial charge in [0.05, 0.1) is 0 Å². The third-order valence-corrected chi connectivity index (χ3v) is 3.39. The molecule has 1 unspecified atom stereocenters. The molecule has 0 heterocycles. The summed E-state index contributed by atoms with van der Waals surface area (Å²) in [5.41, 5.74) is 0. The van der Waals surface area contributed by atoms with Crippen LogP contribution in [0, 0.1) is 5.92 Å². The number of hydrogen-bond acceptors (Lipinski definition) is 1. The summed E-state index contributed by atoms with van der Waals surface area (Å²) in [7, 11) is 0. The maximum atomic E-state index is 5.65. The van der Waals surface area contributed by atoms with E-state index >= 15 is 0 Å². The second-order valence-electron chi connectivity index (χ2n) is 3.70. The van der Waals surface area contributed by atoms with E-state index in [4.69, 9.17) is 11.6 Å². The average Bonchev–Trinajstić information content (AvgIpc) is 1.98. The maximum Gasteiger partial charge on any atom is 0.0233 e. The fourth-order valence-electron chi connectivity index (χ4n) is 1.01. The summed E-state index contributed by atoms with van der Waals surface area (Å²) >= 11 is 7.70. The molecule has 74 valence electrons. The van der Waals surface area contributed by atoms with Crippen LogP contribution in [0.1, 0.15) is 40.0 Å². The molecule has 0 nitrogen and oxygen atoms in total. The zero-order valence-corrected chi connectivity index (χ0v) is 10.0. The molecule has 0 aromatic rings. The van der Waals surface area contributed by atoms with Crippen molar-refractivity contribution >= 4 is 23.4 Å². The molecule has 0 saturated carbocycles. The van der Waals surface area contributed by atoms with Gasteiger partial charge in [0.2, 0.25) is 0 Å². The van der Waals surface area contributed by atoms with Gasteiger partial charge in [0.15, 0.2) is 0 Å². The van der Waals surface area contributed by atoms with Crippen LogP contribution in [0.15, 0.2) is 0 Å². The highest BCUT2D eigenvalue weighted by molar-refractivity contribution is 7.99. The first kappa shape index (κ1) is 12.6. The van der Waals surface area contributed by atoms with Gasteiger partial charge in [0, 0.05) is 11.1 Å². The standard InChI is InChI=1S/C10H21ClS/c1-9(2)5-4-8-12-10(3)6-7-11/h9-10H,4-8H2,1-3H3. The number of rotatable bonds is 7. The Kier molecular flexibility index (Phi) is 8.69. The molecule has 0 N–H and O–H groups in total. The monoisotopic (exact) mass is 208 g/mol. The molecule has 12 heavy (non-hydrogen) atoms. The second-order valence-corrected chi connectivity index (χ2v) is 5.62. The third-order valence-electron chi connectivity index (χ3n) is 1.84. The van der Waals surface area contributed by atoms with Gasteiger partial charge in [-0.25, -0.2) is 0 Å². The number of thioether (sulfide) groups is 1. The summed E-state index contributed by atoms with van der Waals surface area (Å²) in [6.45, 7) is 6.84. The van der Waals surface area contributed by atoms with Gasteiger partial charge in [-0.3, -0.25) is 0 Å². The quantitative estimate of drug-likeness (QED) is 0.447. The van der Waals surface area contributed by atoms with Crippen molar-refractivity contribution in [1.82, 2.24) is 0 Å². The van der Waals surface area contributed by atoms with Crippen molar-refractivity contribution in [1.29, 1.82) is 0 Å². The predicted octanol–water partition coefficient (Wildman–Crippen LogP) is 4.17.